The predicted molar refractivity (Wildman–Crippen MR) is 53.0 cm³/mol. The second-order valence-corrected chi connectivity index (χ2v) is 3.61. The fourth-order valence-electron chi connectivity index (χ4n) is 0.986. The Hall–Kier alpha value is -0.870. The van der Waals surface area contributed by atoms with Crippen molar-refractivity contribution < 1.29 is 4.42 Å². The molecule has 2 aromatic heterocycles. The average molecular weight is 260 g/mol. The summed E-state index contributed by atoms with van der Waals surface area (Å²) in [7, 11) is 0. The Labute approximate surface area is 86.5 Å². The molecule has 0 saturated carbocycles. The van der Waals surface area contributed by atoms with Gasteiger partial charge in [-0.05, 0) is 28.1 Å². The summed E-state index contributed by atoms with van der Waals surface area (Å²) in [4.78, 5) is 15.0. The molecule has 0 aliphatic rings. The van der Waals surface area contributed by atoms with Crippen molar-refractivity contribution in [2.45, 2.75) is 0 Å². The van der Waals surface area contributed by atoms with Gasteiger partial charge in [-0.2, -0.15) is 0 Å². The second kappa shape index (κ2) is 3.12. The lowest BCUT2D eigenvalue weighted by Crippen LogP contribution is -1.96. The fourth-order valence-corrected chi connectivity index (χ4v) is 1.52. The van der Waals surface area contributed by atoms with Gasteiger partial charge in [0.25, 0.3) is 0 Å². The standard InChI is InChI=1S/C8H3BrClNO2/c9-6-2-1-5-8(11-6)4(10)3-7(12)13-5/h1-3H. The summed E-state index contributed by atoms with van der Waals surface area (Å²) in [5, 5.41) is 0.299. The molecule has 0 amide bonds. The summed E-state index contributed by atoms with van der Waals surface area (Å²) >= 11 is 8.99. The molecule has 5 heteroatoms. The summed E-state index contributed by atoms with van der Waals surface area (Å²) in [6.45, 7) is 0. The van der Waals surface area contributed by atoms with Crippen LogP contribution >= 0.6 is 27.5 Å². The van der Waals surface area contributed by atoms with Crippen LogP contribution in [0.1, 0.15) is 0 Å². The Kier molecular flexibility index (Phi) is 2.09. The van der Waals surface area contributed by atoms with Crippen LogP contribution in [0.4, 0.5) is 0 Å². The van der Waals surface area contributed by atoms with Gasteiger partial charge in [0.05, 0.1) is 5.02 Å². The van der Waals surface area contributed by atoms with Gasteiger partial charge in [-0.25, -0.2) is 9.78 Å². The molecule has 0 radical (unpaired) electrons. The number of hydrogen-bond donors (Lipinski definition) is 0. The first-order valence-electron chi connectivity index (χ1n) is 3.43. The van der Waals surface area contributed by atoms with Crippen LogP contribution < -0.4 is 5.63 Å². The Morgan fingerprint density at radius 1 is 1.46 bits per heavy atom. The molecule has 0 spiro atoms. The molecule has 0 aromatic carbocycles. The lowest BCUT2D eigenvalue weighted by atomic mass is 10.3. The summed E-state index contributed by atoms with van der Waals surface area (Å²) in [6.07, 6.45) is 0. The van der Waals surface area contributed by atoms with Crippen LogP contribution in [0, 0.1) is 0 Å². The van der Waals surface area contributed by atoms with Crippen molar-refractivity contribution in [1.82, 2.24) is 4.98 Å². The largest absolute Gasteiger partial charge is 0.421 e. The molecule has 0 unspecified atom stereocenters. The van der Waals surface area contributed by atoms with Gasteiger partial charge in [0.2, 0.25) is 0 Å². The van der Waals surface area contributed by atoms with E-state index in [-0.39, 0.29) is 0 Å². The monoisotopic (exact) mass is 259 g/mol. The van der Waals surface area contributed by atoms with Gasteiger partial charge >= 0.3 is 5.63 Å². The van der Waals surface area contributed by atoms with E-state index in [1.807, 2.05) is 0 Å². The van der Waals surface area contributed by atoms with E-state index in [1.54, 1.807) is 12.1 Å². The first kappa shape index (κ1) is 8.72. The molecule has 0 N–H and O–H groups in total. The number of rotatable bonds is 0. The van der Waals surface area contributed by atoms with Crippen LogP contribution in [0.3, 0.4) is 0 Å². The summed E-state index contributed by atoms with van der Waals surface area (Å²) in [5.41, 5.74) is 0.401. The molecule has 0 aliphatic carbocycles. The highest BCUT2D eigenvalue weighted by Gasteiger charge is 2.04. The number of fused-ring (bicyclic) bond motifs is 1. The number of halogens is 2. The zero-order chi connectivity index (χ0) is 9.42. The van der Waals surface area contributed by atoms with Crippen molar-refractivity contribution in [3.05, 3.63) is 38.2 Å². The number of aromatic nitrogens is 1. The highest BCUT2D eigenvalue weighted by Crippen LogP contribution is 2.21. The van der Waals surface area contributed by atoms with Crippen LogP contribution in [-0.4, -0.2) is 4.98 Å². The van der Waals surface area contributed by atoms with Crippen molar-refractivity contribution in [1.29, 1.82) is 0 Å². The van der Waals surface area contributed by atoms with Crippen LogP contribution in [0.25, 0.3) is 11.1 Å². The quantitative estimate of drug-likeness (QED) is 0.684. The lowest BCUT2D eigenvalue weighted by molar-refractivity contribution is 0.560. The van der Waals surface area contributed by atoms with Crippen molar-refractivity contribution >= 4 is 38.6 Å². The third-order valence-corrected chi connectivity index (χ3v) is 2.24. The van der Waals surface area contributed by atoms with Crippen molar-refractivity contribution in [3.8, 4) is 0 Å². The zero-order valence-corrected chi connectivity index (χ0v) is 8.59. The molecule has 2 rings (SSSR count). The normalized spacial score (nSPS) is 10.6. The van der Waals surface area contributed by atoms with E-state index in [1.165, 1.54) is 6.07 Å². The molecule has 0 saturated heterocycles. The van der Waals surface area contributed by atoms with Gasteiger partial charge in [-0.3, -0.25) is 0 Å². The van der Waals surface area contributed by atoms with Gasteiger partial charge in [0.15, 0.2) is 5.58 Å². The summed E-state index contributed by atoms with van der Waals surface area (Å²) < 4.78 is 5.52. The molecule has 3 nitrogen and oxygen atoms in total. The molecular weight excluding hydrogens is 257 g/mol. The summed E-state index contributed by atoms with van der Waals surface area (Å²) in [5.74, 6) is 0. The number of pyridine rings is 1. The molecule has 2 heterocycles. The minimum Gasteiger partial charge on any atom is -0.421 e. The molecule has 0 bridgehead atoms. The van der Waals surface area contributed by atoms with Crippen LogP contribution in [0.15, 0.2) is 32.0 Å². The molecule has 0 atom stereocenters. The van der Waals surface area contributed by atoms with Crippen molar-refractivity contribution in [2.75, 3.05) is 0 Å². The molecule has 66 valence electrons. The number of hydrogen-bond acceptors (Lipinski definition) is 3. The first-order chi connectivity index (χ1) is 6.16. The average Bonchev–Trinajstić information content (AvgIpc) is 2.06. The van der Waals surface area contributed by atoms with E-state index < -0.39 is 5.63 Å². The minimum atomic E-state index is -0.471. The summed E-state index contributed by atoms with van der Waals surface area (Å²) in [6, 6.07) is 4.52. The SMILES string of the molecule is O=c1cc(Cl)c2nc(Br)ccc2o1. The Balaban J connectivity index is 2.95. The minimum absolute atomic E-state index is 0.299. The van der Waals surface area contributed by atoms with E-state index in [0.717, 1.165) is 0 Å². The second-order valence-electron chi connectivity index (χ2n) is 2.39. The highest BCUT2D eigenvalue weighted by molar-refractivity contribution is 9.10. The number of nitrogens with zero attached hydrogens (tertiary/aromatic N) is 1. The van der Waals surface area contributed by atoms with Gasteiger partial charge in [0.1, 0.15) is 10.1 Å². The zero-order valence-electron chi connectivity index (χ0n) is 6.25. The predicted octanol–water partition coefficient (Wildman–Crippen LogP) is 2.60. The first-order valence-corrected chi connectivity index (χ1v) is 4.60. The van der Waals surface area contributed by atoms with Crippen molar-refractivity contribution in [3.63, 3.8) is 0 Å². The van der Waals surface area contributed by atoms with Gasteiger partial charge in [-0.1, -0.05) is 11.6 Å². The Morgan fingerprint density at radius 3 is 3.00 bits per heavy atom. The van der Waals surface area contributed by atoms with Crippen LogP contribution in [-0.2, 0) is 0 Å². The molecule has 0 aliphatic heterocycles. The maximum atomic E-state index is 10.9. The molecule has 2 aromatic rings. The van der Waals surface area contributed by atoms with E-state index in [2.05, 4.69) is 20.9 Å². The van der Waals surface area contributed by atoms with Gasteiger partial charge in [0, 0.05) is 6.07 Å². The van der Waals surface area contributed by atoms with Crippen LogP contribution in [0.5, 0.6) is 0 Å². The Morgan fingerprint density at radius 2 is 2.23 bits per heavy atom. The van der Waals surface area contributed by atoms with Gasteiger partial charge in [-0.15, -0.1) is 0 Å². The third kappa shape index (κ3) is 1.59. The molecular formula is C8H3BrClNO2. The maximum Gasteiger partial charge on any atom is 0.337 e. The maximum absolute atomic E-state index is 10.9. The highest BCUT2D eigenvalue weighted by atomic mass is 79.9. The van der Waals surface area contributed by atoms with E-state index in [0.29, 0.717) is 20.7 Å². The topological polar surface area (TPSA) is 43.1 Å². The molecule has 13 heavy (non-hydrogen) atoms. The van der Waals surface area contributed by atoms with E-state index in [9.17, 15) is 4.79 Å². The Bertz CT molecular complexity index is 523. The van der Waals surface area contributed by atoms with Crippen molar-refractivity contribution in [2.24, 2.45) is 0 Å². The van der Waals surface area contributed by atoms with E-state index in [4.69, 9.17) is 16.0 Å². The molecule has 0 fully saturated rings. The smallest absolute Gasteiger partial charge is 0.337 e. The third-order valence-electron chi connectivity index (χ3n) is 1.51. The fraction of sp³-hybridized carbons (Fsp3) is 0. The van der Waals surface area contributed by atoms with E-state index >= 15 is 0 Å². The lowest BCUT2D eigenvalue weighted by Gasteiger charge is -1.97. The van der Waals surface area contributed by atoms with Crippen LogP contribution in [0.2, 0.25) is 5.02 Å². The van der Waals surface area contributed by atoms with Gasteiger partial charge < -0.3 is 4.42 Å².